The van der Waals surface area contributed by atoms with Gasteiger partial charge in [-0.1, -0.05) is 24.3 Å². The molecule has 0 spiro atoms. The van der Waals surface area contributed by atoms with E-state index in [1.807, 2.05) is 38.1 Å². The van der Waals surface area contributed by atoms with Gasteiger partial charge in [-0.15, -0.1) is 0 Å². The molecule has 0 saturated heterocycles. The molecule has 110 valence electrons. The standard InChI is InChI=1S/C15H22N2O3/c1-10-6-4-5-7-13(10)12(3)17-15(20)16-11(2)8-9-14(18)19/h4-7,11-12H,8-9H2,1-3H3,(H,18,19)(H2,16,17,20). The summed E-state index contributed by atoms with van der Waals surface area (Å²) in [7, 11) is 0. The maximum absolute atomic E-state index is 11.8. The first-order valence-corrected chi connectivity index (χ1v) is 6.74. The average molecular weight is 278 g/mol. The van der Waals surface area contributed by atoms with Crippen molar-refractivity contribution in [1.82, 2.24) is 10.6 Å². The Morgan fingerprint density at radius 2 is 1.85 bits per heavy atom. The van der Waals surface area contributed by atoms with Crippen molar-refractivity contribution in [3.63, 3.8) is 0 Å². The molecule has 0 radical (unpaired) electrons. The van der Waals surface area contributed by atoms with Crippen LogP contribution in [0.3, 0.4) is 0 Å². The van der Waals surface area contributed by atoms with Crippen LogP contribution in [0, 0.1) is 6.92 Å². The molecule has 0 aliphatic carbocycles. The largest absolute Gasteiger partial charge is 0.481 e. The maximum Gasteiger partial charge on any atom is 0.315 e. The minimum absolute atomic E-state index is 0.0504. The summed E-state index contributed by atoms with van der Waals surface area (Å²) >= 11 is 0. The van der Waals surface area contributed by atoms with Crippen molar-refractivity contribution in [2.24, 2.45) is 0 Å². The van der Waals surface area contributed by atoms with Gasteiger partial charge in [-0.05, 0) is 38.3 Å². The molecule has 0 bridgehead atoms. The van der Waals surface area contributed by atoms with E-state index in [2.05, 4.69) is 10.6 Å². The Labute approximate surface area is 119 Å². The third-order valence-electron chi connectivity index (χ3n) is 3.17. The van der Waals surface area contributed by atoms with E-state index in [1.54, 1.807) is 6.92 Å². The van der Waals surface area contributed by atoms with Crippen LogP contribution in [0.25, 0.3) is 0 Å². The number of aryl methyl sites for hydroxylation is 1. The molecule has 2 amide bonds. The number of carbonyl (C=O) groups is 2. The lowest BCUT2D eigenvalue weighted by Crippen LogP contribution is -2.42. The molecular formula is C15H22N2O3. The predicted octanol–water partition coefficient (Wildman–Crippen LogP) is 2.61. The van der Waals surface area contributed by atoms with Crippen LogP contribution < -0.4 is 10.6 Å². The van der Waals surface area contributed by atoms with Gasteiger partial charge in [0.2, 0.25) is 0 Å². The fourth-order valence-corrected chi connectivity index (χ4v) is 2.02. The lowest BCUT2D eigenvalue weighted by molar-refractivity contribution is -0.137. The predicted molar refractivity (Wildman–Crippen MR) is 77.6 cm³/mol. The fraction of sp³-hybridized carbons (Fsp3) is 0.467. The number of hydrogen-bond acceptors (Lipinski definition) is 2. The molecule has 2 atom stereocenters. The molecule has 0 aliphatic heterocycles. The molecule has 0 aliphatic rings. The van der Waals surface area contributed by atoms with Crippen LogP contribution in [-0.4, -0.2) is 23.1 Å². The molecule has 20 heavy (non-hydrogen) atoms. The van der Waals surface area contributed by atoms with Crippen LogP contribution in [0.2, 0.25) is 0 Å². The van der Waals surface area contributed by atoms with Crippen LogP contribution in [0.4, 0.5) is 4.79 Å². The number of aliphatic carboxylic acids is 1. The van der Waals surface area contributed by atoms with Gasteiger partial charge in [0, 0.05) is 12.5 Å². The van der Waals surface area contributed by atoms with Gasteiger partial charge in [0.1, 0.15) is 0 Å². The van der Waals surface area contributed by atoms with E-state index in [4.69, 9.17) is 5.11 Å². The molecule has 1 aromatic carbocycles. The van der Waals surface area contributed by atoms with E-state index in [1.165, 1.54) is 0 Å². The monoisotopic (exact) mass is 278 g/mol. The van der Waals surface area contributed by atoms with E-state index < -0.39 is 5.97 Å². The average Bonchev–Trinajstić information content (AvgIpc) is 2.36. The lowest BCUT2D eigenvalue weighted by atomic mass is 10.0. The Balaban J connectivity index is 2.46. The summed E-state index contributed by atoms with van der Waals surface area (Å²) in [5.41, 5.74) is 2.19. The van der Waals surface area contributed by atoms with Gasteiger partial charge in [-0.25, -0.2) is 4.79 Å². The summed E-state index contributed by atoms with van der Waals surface area (Å²) < 4.78 is 0. The summed E-state index contributed by atoms with van der Waals surface area (Å²) in [6, 6.07) is 7.33. The topological polar surface area (TPSA) is 78.4 Å². The van der Waals surface area contributed by atoms with Gasteiger partial charge in [0.15, 0.2) is 0 Å². The molecule has 0 fully saturated rings. The highest BCUT2D eigenvalue weighted by Crippen LogP contribution is 2.16. The smallest absolute Gasteiger partial charge is 0.315 e. The second kappa shape index (κ2) is 7.53. The zero-order valence-electron chi connectivity index (χ0n) is 12.1. The van der Waals surface area contributed by atoms with Crippen LogP contribution in [-0.2, 0) is 4.79 Å². The number of benzene rings is 1. The lowest BCUT2D eigenvalue weighted by Gasteiger charge is -2.19. The SMILES string of the molecule is Cc1ccccc1C(C)NC(=O)NC(C)CCC(=O)O. The normalized spacial score (nSPS) is 13.3. The van der Waals surface area contributed by atoms with Crippen molar-refractivity contribution in [2.75, 3.05) is 0 Å². The number of carbonyl (C=O) groups excluding carboxylic acids is 1. The van der Waals surface area contributed by atoms with E-state index in [-0.39, 0.29) is 24.5 Å². The Kier molecular flexibility index (Phi) is 6.03. The zero-order chi connectivity index (χ0) is 15.1. The van der Waals surface area contributed by atoms with Crippen LogP contribution in [0.15, 0.2) is 24.3 Å². The first-order valence-electron chi connectivity index (χ1n) is 6.74. The molecular weight excluding hydrogens is 256 g/mol. The van der Waals surface area contributed by atoms with Crippen LogP contribution in [0.1, 0.15) is 43.9 Å². The Bertz CT molecular complexity index is 474. The Hall–Kier alpha value is -2.04. The van der Waals surface area contributed by atoms with Crippen molar-refractivity contribution in [2.45, 2.75) is 45.7 Å². The van der Waals surface area contributed by atoms with E-state index in [0.29, 0.717) is 6.42 Å². The highest BCUT2D eigenvalue weighted by atomic mass is 16.4. The first-order chi connectivity index (χ1) is 9.40. The Morgan fingerprint density at radius 1 is 1.20 bits per heavy atom. The zero-order valence-corrected chi connectivity index (χ0v) is 12.1. The summed E-state index contributed by atoms with van der Waals surface area (Å²) in [4.78, 5) is 22.3. The molecule has 5 nitrogen and oxygen atoms in total. The van der Waals surface area contributed by atoms with Gasteiger partial charge in [0.05, 0.1) is 6.04 Å². The van der Waals surface area contributed by atoms with E-state index in [0.717, 1.165) is 11.1 Å². The molecule has 1 aromatic rings. The van der Waals surface area contributed by atoms with Gasteiger partial charge >= 0.3 is 12.0 Å². The van der Waals surface area contributed by atoms with Gasteiger partial charge in [0.25, 0.3) is 0 Å². The number of carboxylic acid groups (broad SMARTS) is 1. The van der Waals surface area contributed by atoms with Crippen molar-refractivity contribution < 1.29 is 14.7 Å². The number of rotatable bonds is 6. The van der Waals surface area contributed by atoms with Gasteiger partial charge < -0.3 is 15.7 Å². The summed E-state index contributed by atoms with van der Waals surface area (Å²) in [6.07, 6.45) is 0.469. The molecule has 0 heterocycles. The third-order valence-corrected chi connectivity index (χ3v) is 3.17. The minimum atomic E-state index is -0.854. The second-order valence-corrected chi connectivity index (χ2v) is 5.03. The fourth-order valence-electron chi connectivity index (χ4n) is 2.02. The molecule has 3 N–H and O–H groups in total. The molecule has 0 saturated carbocycles. The van der Waals surface area contributed by atoms with Gasteiger partial charge in [-0.2, -0.15) is 0 Å². The van der Waals surface area contributed by atoms with Crippen LogP contribution >= 0.6 is 0 Å². The summed E-state index contributed by atoms with van der Waals surface area (Å²) in [6.45, 7) is 5.71. The number of nitrogens with one attached hydrogen (secondary N) is 2. The van der Waals surface area contributed by atoms with Crippen molar-refractivity contribution in [3.8, 4) is 0 Å². The first kappa shape index (κ1) is 16.0. The summed E-state index contributed by atoms with van der Waals surface area (Å²) in [5, 5.41) is 14.2. The van der Waals surface area contributed by atoms with Gasteiger partial charge in [-0.3, -0.25) is 4.79 Å². The number of carboxylic acids is 1. The van der Waals surface area contributed by atoms with Crippen molar-refractivity contribution in [1.29, 1.82) is 0 Å². The maximum atomic E-state index is 11.8. The molecule has 5 heteroatoms. The minimum Gasteiger partial charge on any atom is -0.481 e. The van der Waals surface area contributed by atoms with Crippen LogP contribution in [0.5, 0.6) is 0 Å². The van der Waals surface area contributed by atoms with E-state index >= 15 is 0 Å². The van der Waals surface area contributed by atoms with Crippen molar-refractivity contribution >= 4 is 12.0 Å². The quantitative estimate of drug-likeness (QED) is 0.748. The number of amides is 2. The number of hydrogen-bond donors (Lipinski definition) is 3. The third kappa shape index (κ3) is 5.30. The number of urea groups is 1. The summed E-state index contributed by atoms with van der Waals surface area (Å²) in [5.74, 6) is -0.854. The second-order valence-electron chi connectivity index (χ2n) is 5.03. The highest BCUT2D eigenvalue weighted by molar-refractivity contribution is 5.75. The molecule has 0 aromatic heterocycles. The van der Waals surface area contributed by atoms with E-state index in [9.17, 15) is 9.59 Å². The highest BCUT2D eigenvalue weighted by Gasteiger charge is 2.13. The molecule has 1 rings (SSSR count). The van der Waals surface area contributed by atoms with Crippen molar-refractivity contribution in [3.05, 3.63) is 35.4 Å². The Morgan fingerprint density at radius 3 is 2.45 bits per heavy atom. The molecule has 2 unspecified atom stereocenters.